The van der Waals surface area contributed by atoms with E-state index in [2.05, 4.69) is 316 Å². The Bertz CT molecular complexity index is 2900. The van der Waals surface area contributed by atoms with Crippen LogP contribution in [0.25, 0.3) is 0 Å². The number of rotatable bonds is 62. The van der Waals surface area contributed by atoms with Crippen molar-refractivity contribution >= 4 is 29.8 Å². The first-order valence-corrected chi connectivity index (χ1v) is 41.1. The molecule has 0 fully saturated rings. The van der Waals surface area contributed by atoms with Crippen molar-refractivity contribution < 1.29 is 33.8 Å². The monoisotopic (exact) mass is 1510 g/mol. The van der Waals surface area contributed by atoms with Gasteiger partial charge in [0.25, 0.3) is 0 Å². The zero-order valence-electron chi connectivity index (χ0n) is 69.5. The maximum Gasteiger partial charge on any atom is 0.407 e. The van der Waals surface area contributed by atoms with Crippen LogP contribution in [0.4, 0.5) is 4.79 Å². The van der Waals surface area contributed by atoms with Gasteiger partial charge in [0.1, 0.15) is 5.60 Å². The molecule has 13 nitrogen and oxygen atoms in total. The number of carbonyl (C=O) groups is 5. The molecule has 110 heavy (non-hydrogen) atoms. The van der Waals surface area contributed by atoms with Crippen LogP contribution in [-0.2, 0) is 23.9 Å². The summed E-state index contributed by atoms with van der Waals surface area (Å²) in [5.74, 6) is -0.619. The van der Waals surface area contributed by atoms with E-state index < -0.39 is 17.7 Å². The number of ether oxygens (including phenoxy) is 1. The lowest BCUT2D eigenvalue weighted by Gasteiger charge is -2.19. The summed E-state index contributed by atoms with van der Waals surface area (Å²) >= 11 is 0. The summed E-state index contributed by atoms with van der Waals surface area (Å²) in [6.07, 6.45) is 128. The van der Waals surface area contributed by atoms with Gasteiger partial charge in [-0.05, 0) is 201 Å². The molecule has 0 atom stereocenters. The topological polar surface area (TPSA) is 215 Å². The third kappa shape index (κ3) is 110. The van der Waals surface area contributed by atoms with E-state index in [4.69, 9.17) is 21.3 Å². The van der Waals surface area contributed by atoms with Gasteiger partial charge in [0.15, 0.2) is 0 Å². The molecule has 612 valence electrons. The van der Waals surface area contributed by atoms with Crippen LogP contribution < -0.4 is 32.7 Å². The largest absolute Gasteiger partial charge is 0.481 e. The average molecular weight is 1510 g/mol. The highest BCUT2D eigenvalue weighted by molar-refractivity contribution is 5.77. The number of amides is 4. The van der Waals surface area contributed by atoms with Gasteiger partial charge in [0, 0.05) is 65.0 Å². The van der Waals surface area contributed by atoms with Crippen LogP contribution in [0.5, 0.6) is 0 Å². The molecule has 0 bridgehead atoms. The van der Waals surface area contributed by atoms with Gasteiger partial charge in [-0.3, -0.25) is 19.2 Å². The molecule has 0 saturated heterocycles. The standard InChI is InChI=1S/C44H66N2O2.C24H38N2O.C22H32O2.C7H16N2O2/c1-3-5-7-9-11-13-15-17-19-21-22-24-26-28-30-32-34-36-38-40-44(48)46-42-41-45-43(47)39-37-35-33-31-29-27-25-23-20-18-16-14-12-10-8-6-4-2;1-2-3-4-5-6-7-8-9-10-11-12-13-14-15-16-17-18-19-20-21-24(27)26-23-22-25;1-2-3-4-5-6-7-8-9-10-11-12-13-14-15-16-17-18-19-20-21-22(23)24;1-7(2,3)11-6(10)9-5-4-8/h5-8,11-14,17-20,22,24-25,27-28,30-31,33-34,36H,3-4,9-10,15-16,21,23,26,29,32,35,37-42H2,1-2H3,(H,45,47)(H,46,48);3-4,6-7,9-10,12-13,15-16,18-19H,2,5,8,11,14,17,20-23,25H2,1H3,(H,26,27);3-4,6-7,9-10,12-13,15-16,18-19H,2,5,8,11,14,17,20-21H2,1H3,(H,23,24);4-5,8H2,1-3H3,(H,9,10)/b7-5-,8-6-,13-11-,14-12-,19-17-,20-18-,24-22-,27-25-,30-28-,33-31-,36-34-;2*4-3-,7-6-,10-9-,13-12-,16-15-,19-18-;. The fraction of sp³-hybridized carbons (Fsp3) is 0.474. The lowest BCUT2D eigenvalue weighted by molar-refractivity contribution is -0.137. The van der Waals surface area contributed by atoms with Gasteiger partial charge in [-0.1, -0.05) is 307 Å². The Balaban J connectivity index is -0.000000763. The molecule has 0 saturated carbocycles. The summed E-state index contributed by atoms with van der Waals surface area (Å²) in [5, 5.41) is 19.5. The first kappa shape index (κ1) is 107. The van der Waals surface area contributed by atoms with Gasteiger partial charge in [0.05, 0.1) is 0 Å². The molecule has 0 aromatic heterocycles. The Hall–Kier alpha value is -8.91. The third-order valence-corrected chi connectivity index (χ3v) is 14.4. The lowest BCUT2D eigenvalue weighted by atomic mass is 10.2. The zero-order chi connectivity index (χ0) is 81.3. The summed E-state index contributed by atoms with van der Waals surface area (Å²) in [4.78, 5) is 56.5. The molecule has 13 heteroatoms. The van der Waals surface area contributed by atoms with Gasteiger partial charge in [-0.2, -0.15) is 0 Å². The van der Waals surface area contributed by atoms with E-state index in [1.54, 1.807) is 0 Å². The molecule has 0 aliphatic rings. The summed E-state index contributed by atoms with van der Waals surface area (Å²) in [6.45, 7) is 16.9. The third-order valence-electron chi connectivity index (χ3n) is 14.4. The fourth-order valence-electron chi connectivity index (χ4n) is 8.67. The first-order valence-electron chi connectivity index (χ1n) is 41.1. The van der Waals surface area contributed by atoms with E-state index in [0.29, 0.717) is 65.0 Å². The van der Waals surface area contributed by atoms with Crippen molar-refractivity contribution in [3.05, 3.63) is 279 Å². The summed E-state index contributed by atoms with van der Waals surface area (Å²) in [5.41, 5.74) is 10.1. The molecule has 0 spiro atoms. The number of nitrogens with one attached hydrogen (secondary N) is 4. The molecular formula is C97H152N6O7. The second-order valence-corrected chi connectivity index (χ2v) is 25.9. The van der Waals surface area contributed by atoms with Gasteiger partial charge >= 0.3 is 12.1 Å². The number of unbranched alkanes of at least 4 members (excludes halogenated alkanes) is 1. The Kier molecular flexibility index (Phi) is 93.9. The molecule has 0 unspecified atom stereocenters. The van der Waals surface area contributed by atoms with E-state index in [-0.39, 0.29) is 24.1 Å². The predicted molar refractivity (Wildman–Crippen MR) is 480 cm³/mol. The van der Waals surface area contributed by atoms with Gasteiger partial charge in [0.2, 0.25) is 17.7 Å². The van der Waals surface area contributed by atoms with E-state index in [0.717, 1.165) is 173 Å². The molecule has 0 aromatic carbocycles. The maximum atomic E-state index is 12.0. The van der Waals surface area contributed by atoms with Crippen LogP contribution in [0.15, 0.2) is 279 Å². The number of hydrogen-bond donors (Lipinski definition) is 7. The molecule has 4 amide bonds. The molecule has 0 aliphatic heterocycles. The maximum absolute atomic E-state index is 12.0. The number of carboxylic acid groups (broad SMARTS) is 1. The van der Waals surface area contributed by atoms with Crippen LogP contribution in [0.1, 0.15) is 254 Å². The number of hydrogen-bond acceptors (Lipinski definition) is 8. The minimum Gasteiger partial charge on any atom is -0.481 e. The number of carbonyl (C=O) groups excluding carboxylic acids is 4. The van der Waals surface area contributed by atoms with Gasteiger partial charge in [-0.25, -0.2) is 4.79 Å². The number of nitrogens with two attached hydrogens (primary N) is 2. The fourth-order valence-corrected chi connectivity index (χ4v) is 8.67. The lowest BCUT2D eigenvalue weighted by Crippen LogP contribution is -2.35. The van der Waals surface area contributed by atoms with Crippen molar-refractivity contribution in [2.75, 3.05) is 39.3 Å². The Morgan fingerprint density at radius 3 is 0.673 bits per heavy atom. The molecule has 0 heterocycles. The predicted octanol–water partition coefficient (Wildman–Crippen LogP) is 24.2. The van der Waals surface area contributed by atoms with Crippen LogP contribution >= 0.6 is 0 Å². The van der Waals surface area contributed by atoms with Crippen LogP contribution in [0, 0.1) is 0 Å². The van der Waals surface area contributed by atoms with Crippen molar-refractivity contribution in [2.45, 2.75) is 260 Å². The SMILES string of the molecule is CC(C)(C)OC(=O)NCCN.CC/C=C\C/C=C\C/C=C\C/C=C\C/C=C\C/C=C\CCC(=O)NCCN.CC/C=C\C/C=C\C/C=C\C/C=C\C/C=C\C/C=C\CCC(=O)NCCNC(=O)CCC/C=C\C/C=C\C/C=C\C/C=C\C/C=C\CC.CC/C=C\C/C=C\C/C=C\C/C=C\C/C=C\C/C=C\CCC(=O)O. The number of aliphatic carboxylic acids is 1. The number of allylic oxidation sites excluding steroid dienone is 46. The van der Waals surface area contributed by atoms with Crippen molar-refractivity contribution in [3.63, 3.8) is 0 Å². The minimum atomic E-state index is -0.741. The highest BCUT2D eigenvalue weighted by Crippen LogP contribution is 2.07. The molecule has 9 N–H and O–H groups in total. The van der Waals surface area contributed by atoms with Crippen LogP contribution in [-0.4, -0.2) is 79.8 Å². The normalized spacial score (nSPS) is 12.8. The van der Waals surface area contributed by atoms with Crippen molar-refractivity contribution in [1.29, 1.82) is 0 Å². The van der Waals surface area contributed by atoms with Gasteiger partial charge in [-0.15, -0.1) is 0 Å². The molecular weight excluding hydrogens is 1360 g/mol. The number of alkyl carbamates (subject to hydrolysis) is 1. The number of carboxylic acids is 1. The smallest absolute Gasteiger partial charge is 0.407 e. The highest BCUT2D eigenvalue weighted by Gasteiger charge is 2.15. The Labute approximate surface area is 671 Å². The second-order valence-electron chi connectivity index (χ2n) is 25.9. The second kappa shape index (κ2) is 96.2. The van der Waals surface area contributed by atoms with E-state index >= 15 is 0 Å². The van der Waals surface area contributed by atoms with Crippen molar-refractivity contribution in [1.82, 2.24) is 21.3 Å². The molecule has 0 aliphatic carbocycles. The van der Waals surface area contributed by atoms with Gasteiger partial charge < -0.3 is 42.6 Å². The minimum absolute atomic E-state index is 0.0159. The van der Waals surface area contributed by atoms with Crippen molar-refractivity contribution in [2.24, 2.45) is 11.5 Å². The van der Waals surface area contributed by atoms with Crippen LogP contribution in [0.2, 0.25) is 0 Å². The molecule has 0 aromatic rings. The summed E-state index contributed by atoms with van der Waals surface area (Å²) in [7, 11) is 0. The summed E-state index contributed by atoms with van der Waals surface area (Å²) < 4.78 is 4.93. The average Bonchev–Trinajstić information content (AvgIpc) is 0.957. The molecule has 0 radical (unpaired) electrons. The van der Waals surface area contributed by atoms with E-state index in [9.17, 15) is 24.0 Å². The first-order chi connectivity index (χ1) is 53.7. The Morgan fingerprint density at radius 2 is 0.455 bits per heavy atom. The van der Waals surface area contributed by atoms with Crippen LogP contribution in [0.3, 0.4) is 0 Å². The van der Waals surface area contributed by atoms with E-state index in [1.807, 2.05) is 32.9 Å². The Morgan fingerprint density at radius 1 is 0.264 bits per heavy atom. The highest BCUT2D eigenvalue weighted by atomic mass is 16.6. The molecule has 0 rings (SSSR count). The van der Waals surface area contributed by atoms with Crippen molar-refractivity contribution in [3.8, 4) is 0 Å². The van der Waals surface area contributed by atoms with E-state index in [1.165, 1.54) is 0 Å². The summed E-state index contributed by atoms with van der Waals surface area (Å²) in [6, 6.07) is 0. The quantitative estimate of drug-likeness (QED) is 0.0227. The zero-order valence-corrected chi connectivity index (χ0v) is 69.5.